The van der Waals surface area contributed by atoms with Gasteiger partial charge in [-0.3, -0.25) is 0 Å². The molecule has 0 atom stereocenters. The van der Waals surface area contributed by atoms with E-state index >= 15 is 0 Å². The first-order chi connectivity index (χ1) is 9.89. The third-order valence-electron chi connectivity index (χ3n) is 3.19. The molecule has 0 bridgehead atoms. The predicted molar refractivity (Wildman–Crippen MR) is 80.3 cm³/mol. The van der Waals surface area contributed by atoms with Gasteiger partial charge in [0.1, 0.15) is 5.75 Å². The summed E-state index contributed by atoms with van der Waals surface area (Å²) in [4.78, 5) is 8.99. The van der Waals surface area contributed by atoms with Crippen LogP contribution < -0.4 is 0 Å². The summed E-state index contributed by atoms with van der Waals surface area (Å²) in [6.45, 7) is 2.97. The largest absolute Gasteiger partial charge is 0.508 e. The van der Waals surface area contributed by atoms with Gasteiger partial charge in [0.05, 0.1) is 0 Å². The summed E-state index contributed by atoms with van der Waals surface area (Å²) < 4.78 is 10.5. The number of carboxylic acid groups (broad SMARTS) is 1. The number of benzene rings is 2. The molecule has 0 aromatic heterocycles. The molecule has 0 fully saturated rings. The zero-order valence-electron chi connectivity index (χ0n) is 12.6. The van der Waals surface area contributed by atoms with Crippen molar-refractivity contribution in [2.45, 2.75) is 19.3 Å². The van der Waals surface area contributed by atoms with Crippen molar-refractivity contribution < 1.29 is 41.1 Å². The van der Waals surface area contributed by atoms with Gasteiger partial charge in [-0.05, 0) is 11.6 Å². The molecule has 0 unspecified atom stereocenters. The zero-order valence-corrected chi connectivity index (χ0v) is 14.1. The number of carbonyl (C=O) groups is 1. The van der Waals surface area contributed by atoms with E-state index in [1.54, 1.807) is 6.07 Å². The number of aliphatic carboxylic acids is 1. The smallest absolute Gasteiger partial charge is 0.335 e. The van der Waals surface area contributed by atoms with E-state index < -0.39 is 12.6 Å². The van der Waals surface area contributed by atoms with Gasteiger partial charge in [-0.1, -0.05) is 62.4 Å². The Hall–Kier alpha value is -1.65. The third-order valence-corrected chi connectivity index (χ3v) is 3.19. The molecule has 2 N–H and O–H groups in total. The fraction of sp³-hybridized carbons (Fsp3) is 0.235. The van der Waals surface area contributed by atoms with Crippen LogP contribution in [0.4, 0.5) is 4.39 Å². The normalized spacial score (nSPS) is 9.95. The molecule has 0 amide bonds. The first-order valence-corrected chi connectivity index (χ1v) is 6.51. The summed E-state index contributed by atoms with van der Waals surface area (Å²) in [7, 11) is 0. The molecule has 0 aliphatic rings. The minimum Gasteiger partial charge on any atom is -0.508 e. The number of phenols is 1. The molecule has 0 aliphatic carbocycles. The van der Waals surface area contributed by atoms with E-state index in [9.17, 15) is 9.50 Å². The van der Waals surface area contributed by atoms with Crippen molar-refractivity contribution in [1.82, 2.24) is 0 Å². The van der Waals surface area contributed by atoms with Crippen LogP contribution in [0.5, 0.6) is 5.75 Å². The number of para-hydroxylation sites is 1. The molecule has 0 heterocycles. The third kappa shape index (κ3) is 5.62. The number of hydrogen-bond acceptors (Lipinski definition) is 2. The van der Waals surface area contributed by atoms with Gasteiger partial charge in [0.15, 0.2) is 6.67 Å². The Bertz CT molecular complexity index is 585. The van der Waals surface area contributed by atoms with Gasteiger partial charge in [0.2, 0.25) is 0 Å². The van der Waals surface area contributed by atoms with Gasteiger partial charge in [-0.15, -0.1) is 0 Å². The van der Waals surface area contributed by atoms with Crippen LogP contribution in [0.25, 0.3) is 0 Å². The molecule has 0 saturated carbocycles. The molecular formula is C17H19FO3Ti. The minimum absolute atomic E-state index is 0. The second-order valence-corrected chi connectivity index (χ2v) is 5.04. The molecule has 2 aromatic carbocycles. The van der Waals surface area contributed by atoms with Crippen LogP contribution in [-0.2, 0) is 31.9 Å². The maximum Gasteiger partial charge on any atom is 0.335 e. The van der Waals surface area contributed by atoms with E-state index in [4.69, 9.17) is 9.90 Å². The predicted octanol–water partition coefficient (Wildman–Crippen LogP) is 3.76. The van der Waals surface area contributed by atoms with Crippen molar-refractivity contribution >= 4 is 5.97 Å². The Morgan fingerprint density at radius 2 is 1.50 bits per heavy atom. The molecule has 3 nitrogen and oxygen atoms in total. The number of halogens is 1. The van der Waals surface area contributed by atoms with Crippen LogP contribution in [0, 0.1) is 0 Å². The zero-order chi connectivity index (χ0) is 15.9. The Balaban J connectivity index is 0.000000644. The van der Waals surface area contributed by atoms with Gasteiger partial charge in [0.25, 0.3) is 0 Å². The number of carboxylic acids is 1. The maximum atomic E-state index is 10.5. The van der Waals surface area contributed by atoms with Gasteiger partial charge in [-0.2, -0.15) is 0 Å². The van der Waals surface area contributed by atoms with Crippen LogP contribution in [0.1, 0.15) is 25.0 Å². The van der Waals surface area contributed by atoms with Crippen molar-refractivity contribution in [3.63, 3.8) is 0 Å². The Labute approximate surface area is 144 Å². The number of aromatic hydroxyl groups is 1. The molecule has 0 aliphatic heterocycles. The van der Waals surface area contributed by atoms with Crippen molar-refractivity contribution in [3.8, 4) is 5.75 Å². The minimum atomic E-state index is -1.41. The van der Waals surface area contributed by atoms with E-state index in [2.05, 4.69) is 26.0 Å². The molecule has 0 saturated heterocycles. The number of hydrogen-bond donors (Lipinski definition) is 2. The average molecular weight is 338 g/mol. The maximum absolute atomic E-state index is 10.5. The number of alkyl halides is 1. The van der Waals surface area contributed by atoms with Crippen LogP contribution in [0.15, 0.2) is 54.6 Å². The van der Waals surface area contributed by atoms with Crippen LogP contribution in [-0.4, -0.2) is 22.9 Å². The quantitative estimate of drug-likeness (QED) is 0.838. The van der Waals surface area contributed by atoms with E-state index in [1.165, 1.54) is 5.56 Å². The number of rotatable bonds is 3. The topological polar surface area (TPSA) is 57.5 Å². The SMILES string of the molecule is CC(C)(c1ccccc1)c1ccccc1O.O=C(O)CF.[Ti]. The van der Waals surface area contributed by atoms with Gasteiger partial charge >= 0.3 is 5.97 Å². The molecule has 2 rings (SSSR count). The molecule has 22 heavy (non-hydrogen) atoms. The average Bonchev–Trinajstić information content (AvgIpc) is 2.49. The Morgan fingerprint density at radius 1 is 1.05 bits per heavy atom. The summed E-state index contributed by atoms with van der Waals surface area (Å²) in [5.74, 6) is -1.05. The van der Waals surface area contributed by atoms with Crippen LogP contribution in [0.3, 0.4) is 0 Å². The monoisotopic (exact) mass is 338 g/mol. The Kier molecular flexibility index (Phi) is 8.69. The standard InChI is InChI=1S/C15H16O.C2H3FO2.Ti/c1-15(2,12-8-4-3-5-9-12)13-10-6-7-11-14(13)16;3-1-2(4)5;/h3-11,16H,1-2H3;1H2,(H,4,5);. The van der Waals surface area contributed by atoms with Crippen molar-refractivity contribution in [2.24, 2.45) is 0 Å². The van der Waals surface area contributed by atoms with Gasteiger partial charge in [-0.25, -0.2) is 9.18 Å². The first-order valence-electron chi connectivity index (χ1n) is 6.51. The molecule has 2 aromatic rings. The van der Waals surface area contributed by atoms with E-state index in [-0.39, 0.29) is 27.1 Å². The molecule has 0 radical (unpaired) electrons. The fourth-order valence-corrected chi connectivity index (χ4v) is 2.01. The summed E-state index contributed by atoms with van der Waals surface area (Å²) in [6.07, 6.45) is 0. The molecule has 116 valence electrons. The summed E-state index contributed by atoms with van der Waals surface area (Å²) in [6, 6.07) is 17.7. The van der Waals surface area contributed by atoms with Crippen molar-refractivity contribution in [2.75, 3.05) is 6.67 Å². The van der Waals surface area contributed by atoms with E-state index in [0.717, 1.165) is 5.56 Å². The van der Waals surface area contributed by atoms with Crippen LogP contribution in [0.2, 0.25) is 0 Å². The van der Waals surface area contributed by atoms with Crippen LogP contribution >= 0.6 is 0 Å². The van der Waals surface area contributed by atoms with E-state index in [0.29, 0.717) is 5.75 Å². The van der Waals surface area contributed by atoms with E-state index in [1.807, 2.05) is 36.4 Å². The summed E-state index contributed by atoms with van der Waals surface area (Å²) in [5, 5.41) is 17.3. The summed E-state index contributed by atoms with van der Waals surface area (Å²) >= 11 is 0. The molecular weight excluding hydrogens is 319 g/mol. The Morgan fingerprint density at radius 3 is 1.95 bits per heavy atom. The number of phenolic OH excluding ortho intramolecular Hbond substituents is 1. The second kappa shape index (κ2) is 9.39. The van der Waals surface area contributed by atoms with Crippen molar-refractivity contribution in [1.29, 1.82) is 0 Å². The molecule has 0 spiro atoms. The second-order valence-electron chi connectivity index (χ2n) is 5.04. The van der Waals surface area contributed by atoms with Crippen molar-refractivity contribution in [3.05, 3.63) is 65.7 Å². The summed E-state index contributed by atoms with van der Waals surface area (Å²) in [5.41, 5.74) is 1.99. The molecule has 5 heteroatoms. The first kappa shape index (κ1) is 20.4. The fourth-order valence-electron chi connectivity index (χ4n) is 2.01. The van der Waals surface area contributed by atoms with Gasteiger partial charge < -0.3 is 10.2 Å². The van der Waals surface area contributed by atoms with Gasteiger partial charge in [0, 0.05) is 32.7 Å².